The molecular weight excluding hydrogens is 348 g/mol. The van der Waals surface area contributed by atoms with E-state index in [4.69, 9.17) is 11.6 Å². The van der Waals surface area contributed by atoms with Crippen LogP contribution in [0.2, 0.25) is 0 Å². The monoisotopic (exact) mass is 362 g/mol. The third-order valence-electron chi connectivity index (χ3n) is 3.53. The van der Waals surface area contributed by atoms with Crippen molar-refractivity contribution in [2.45, 2.75) is 12.1 Å². The molecule has 0 amide bonds. The van der Waals surface area contributed by atoms with Crippen LogP contribution in [0.15, 0.2) is 51.9 Å². The van der Waals surface area contributed by atoms with Crippen molar-refractivity contribution >= 4 is 23.4 Å². The first kappa shape index (κ1) is 16.5. The molecule has 2 heterocycles. The summed E-state index contributed by atoms with van der Waals surface area (Å²) < 4.78 is 4.81. The molecule has 0 aliphatic heterocycles. The molecule has 0 N–H and O–H groups in total. The zero-order chi connectivity index (χ0) is 17.3. The van der Waals surface area contributed by atoms with E-state index >= 15 is 0 Å². The number of aromatic nitrogens is 6. The van der Waals surface area contributed by atoms with Crippen molar-refractivity contribution < 1.29 is 0 Å². The lowest BCUT2D eigenvalue weighted by Crippen LogP contribution is -2.22. The third kappa shape index (κ3) is 2.90. The van der Waals surface area contributed by atoms with E-state index in [1.807, 2.05) is 44.3 Å². The Morgan fingerprint density at radius 1 is 1.33 bits per heavy atom. The van der Waals surface area contributed by atoms with Gasteiger partial charge in [-0.25, -0.2) is 4.68 Å². The summed E-state index contributed by atoms with van der Waals surface area (Å²) in [6.07, 6.45) is 0. The Morgan fingerprint density at radius 2 is 2.04 bits per heavy atom. The molecule has 0 atom stereocenters. The van der Waals surface area contributed by atoms with Crippen molar-refractivity contribution in [3.05, 3.63) is 58.0 Å². The molecule has 2 aromatic heterocycles. The Kier molecular flexibility index (Phi) is 4.59. The fourth-order valence-corrected chi connectivity index (χ4v) is 3.14. The molecule has 0 saturated heterocycles. The molecule has 0 saturated carbocycles. The number of hydrogen-bond acceptors (Lipinski definition) is 5. The lowest BCUT2D eigenvalue weighted by atomic mass is 10.3. The van der Waals surface area contributed by atoms with Crippen LogP contribution < -0.4 is 5.56 Å². The number of rotatable bonds is 5. The Morgan fingerprint density at radius 3 is 2.71 bits per heavy atom. The summed E-state index contributed by atoms with van der Waals surface area (Å²) in [5, 5.41) is 12.6. The van der Waals surface area contributed by atoms with Crippen LogP contribution in [0.5, 0.6) is 0 Å². The molecule has 0 bridgehead atoms. The van der Waals surface area contributed by atoms with Crippen LogP contribution in [0.3, 0.4) is 0 Å². The molecule has 0 aliphatic carbocycles. The Hall–Kier alpha value is -2.32. The van der Waals surface area contributed by atoms with Crippen molar-refractivity contribution in [2.24, 2.45) is 7.05 Å². The average molecular weight is 363 g/mol. The minimum absolute atomic E-state index is 0.194. The maximum atomic E-state index is 13.0. The van der Waals surface area contributed by atoms with E-state index in [1.165, 1.54) is 16.4 Å². The van der Waals surface area contributed by atoms with Crippen LogP contribution in [0, 0.1) is 6.92 Å². The molecule has 0 fully saturated rings. The van der Waals surface area contributed by atoms with Crippen LogP contribution in [-0.2, 0) is 7.05 Å². The van der Waals surface area contributed by atoms with Gasteiger partial charge < -0.3 is 0 Å². The number of benzene rings is 1. The summed E-state index contributed by atoms with van der Waals surface area (Å²) in [4.78, 5) is 13.0. The molecule has 1 aromatic carbocycles. The van der Waals surface area contributed by atoms with Gasteiger partial charge in [-0.05, 0) is 29.5 Å². The molecule has 7 nitrogen and oxygen atoms in total. The maximum absolute atomic E-state index is 13.0. The average Bonchev–Trinajstić information content (AvgIpc) is 3.10. The quantitative estimate of drug-likeness (QED) is 0.651. The first-order valence-corrected chi connectivity index (χ1v) is 8.46. The molecule has 3 rings (SSSR count). The van der Waals surface area contributed by atoms with Gasteiger partial charge in [0, 0.05) is 17.8 Å². The number of hydrogen-bond donors (Lipinski definition) is 0. The molecule has 0 unspecified atom stereocenters. The lowest BCUT2D eigenvalue weighted by molar-refractivity contribution is 0.630. The van der Waals surface area contributed by atoms with Crippen LogP contribution in [0.4, 0.5) is 0 Å². The third-order valence-corrected chi connectivity index (χ3v) is 4.83. The second-order valence-corrected chi connectivity index (χ2v) is 6.57. The fourth-order valence-electron chi connectivity index (χ4n) is 2.35. The summed E-state index contributed by atoms with van der Waals surface area (Å²) in [7, 11) is 1.82. The van der Waals surface area contributed by atoms with E-state index in [1.54, 1.807) is 9.36 Å². The molecule has 24 heavy (non-hydrogen) atoms. The molecule has 124 valence electrons. The van der Waals surface area contributed by atoms with Crippen molar-refractivity contribution in [3.63, 3.8) is 0 Å². The van der Waals surface area contributed by atoms with Crippen LogP contribution >= 0.6 is 23.4 Å². The number of halogens is 1. The Labute approximate surface area is 147 Å². The molecule has 9 heteroatoms. The predicted octanol–water partition coefficient (Wildman–Crippen LogP) is 2.30. The number of para-hydroxylation sites is 1. The molecule has 0 aliphatic rings. The zero-order valence-electron chi connectivity index (χ0n) is 13.2. The molecule has 0 radical (unpaired) electrons. The number of thioether (sulfide) groups is 1. The largest absolute Gasteiger partial charge is 0.297 e. The van der Waals surface area contributed by atoms with Gasteiger partial charge in [0.2, 0.25) is 5.16 Å². The number of tetrazole rings is 1. The minimum atomic E-state index is -0.194. The normalized spacial score (nSPS) is 11.0. The first-order valence-electron chi connectivity index (χ1n) is 7.09. The van der Waals surface area contributed by atoms with E-state index in [9.17, 15) is 4.79 Å². The second-order valence-electron chi connectivity index (χ2n) is 5.09. The van der Waals surface area contributed by atoms with E-state index in [-0.39, 0.29) is 5.56 Å². The van der Waals surface area contributed by atoms with Crippen molar-refractivity contribution in [2.75, 3.05) is 5.75 Å². The second kappa shape index (κ2) is 6.66. The molecular formula is C15H15ClN6OS. The van der Waals surface area contributed by atoms with E-state index in [2.05, 4.69) is 22.1 Å². The van der Waals surface area contributed by atoms with Crippen molar-refractivity contribution in [1.29, 1.82) is 0 Å². The molecule has 0 spiro atoms. The zero-order valence-corrected chi connectivity index (χ0v) is 14.8. The smallest absolute Gasteiger partial charge is 0.283 e. The summed E-state index contributed by atoms with van der Waals surface area (Å²) in [5.41, 5.74) is 1.74. The Balaban J connectivity index is 2.13. The number of nitrogens with zero attached hydrogens (tertiary/aromatic N) is 6. The highest BCUT2D eigenvalue weighted by molar-refractivity contribution is 7.99. The van der Waals surface area contributed by atoms with E-state index in [0.717, 1.165) is 11.4 Å². The lowest BCUT2D eigenvalue weighted by Gasteiger charge is -2.07. The van der Waals surface area contributed by atoms with Gasteiger partial charge in [0.05, 0.1) is 11.4 Å². The first-order chi connectivity index (χ1) is 11.5. The minimum Gasteiger partial charge on any atom is -0.283 e. The Bertz CT molecular complexity index is 943. The van der Waals surface area contributed by atoms with Gasteiger partial charge in [-0.1, -0.05) is 48.1 Å². The van der Waals surface area contributed by atoms with E-state index in [0.29, 0.717) is 21.6 Å². The van der Waals surface area contributed by atoms with Crippen molar-refractivity contribution in [1.82, 2.24) is 29.6 Å². The van der Waals surface area contributed by atoms with Gasteiger partial charge in [-0.2, -0.15) is 4.68 Å². The van der Waals surface area contributed by atoms with Crippen molar-refractivity contribution in [3.8, 4) is 11.4 Å². The SMILES string of the molecule is C=C(Cl)CSc1nnnn1-c1c(C)n(C)n(-c2ccccc2)c1=O. The fraction of sp³-hybridized carbons (Fsp3) is 0.200. The topological polar surface area (TPSA) is 70.5 Å². The van der Waals surface area contributed by atoms with Gasteiger partial charge >= 0.3 is 0 Å². The van der Waals surface area contributed by atoms with Gasteiger partial charge in [-0.15, -0.1) is 5.10 Å². The van der Waals surface area contributed by atoms with Gasteiger partial charge in [-0.3, -0.25) is 9.48 Å². The van der Waals surface area contributed by atoms with Crippen LogP contribution in [0.25, 0.3) is 11.4 Å². The van der Waals surface area contributed by atoms with Gasteiger partial charge in [0.1, 0.15) is 0 Å². The highest BCUT2D eigenvalue weighted by Gasteiger charge is 2.21. The maximum Gasteiger partial charge on any atom is 0.297 e. The summed E-state index contributed by atoms with van der Waals surface area (Å²) >= 11 is 7.12. The highest BCUT2D eigenvalue weighted by atomic mass is 35.5. The van der Waals surface area contributed by atoms with Gasteiger partial charge in [0.25, 0.3) is 5.56 Å². The summed E-state index contributed by atoms with van der Waals surface area (Å²) in [6.45, 7) is 5.50. The predicted molar refractivity (Wildman–Crippen MR) is 94.2 cm³/mol. The highest BCUT2D eigenvalue weighted by Crippen LogP contribution is 2.22. The van der Waals surface area contributed by atoms with E-state index < -0.39 is 0 Å². The van der Waals surface area contributed by atoms with Gasteiger partial charge in [0.15, 0.2) is 5.69 Å². The molecule has 3 aromatic rings. The summed E-state index contributed by atoms with van der Waals surface area (Å²) in [6, 6.07) is 9.41. The van der Waals surface area contributed by atoms with Crippen LogP contribution in [-0.4, -0.2) is 35.3 Å². The van der Waals surface area contributed by atoms with Crippen LogP contribution in [0.1, 0.15) is 5.69 Å². The summed E-state index contributed by atoms with van der Waals surface area (Å²) in [5.74, 6) is 0.459. The standard InChI is InChI=1S/C15H15ClN6OS/c1-10(16)9-24-15-17-18-19-21(15)13-11(2)20(3)22(14(13)23)12-7-5-4-6-8-12/h4-8H,1,9H2,2-3H3.